The molecule has 0 aliphatic carbocycles. The molecule has 7 heteroatoms. The number of fused-ring (bicyclic) bond motifs is 5. The maximum Gasteiger partial charge on any atom is 0.341 e. The molecule has 1 N–H and O–H groups in total. The highest BCUT2D eigenvalue weighted by Crippen LogP contribution is 2.39. The fourth-order valence-electron chi connectivity index (χ4n) is 3.68. The van der Waals surface area contributed by atoms with E-state index in [1.165, 1.54) is 10.8 Å². The van der Waals surface area contributed by atoms with Gasteiger partial charge in [-0.05, 0) is 25.5 Å². The minimum atomic E-state index is -1.45. The summed E-state index contributed by atoms with van der Waals surface area (Å²) in [6.07, 6.45) is 5.43. The van der Waals surface area contributed by atoms with Gasteiger partial charge in [0.05, 0.1) is 5.71 Å². The summed E-state index contributed by atoms with van der Waals surface area (Å²) in [5.41, 5.74) is 1.11. The summed E-state index contributed by atoms with van der Waals surface area (Å²) in [5, 5.41) is 9.99. The van der Waals surface area contributed by atoms with Gasteiger partial charge in [-0.2, -0.15) is 0 Å². The van der Waals surface area contributed by atoms with E-state index in [-0.39, 0.29) is 11.5 Å². The lowest BCUT2D eigenvalue weighted by Gasteiger charge is -2.19. The highest BCUT2D eigenvalue weighted by Gasteiger charge is 2.30. The van der Waals surface area contributed by atoms with Gasteiger partial charge >= 0.3 is 5.97 Å². The van der Waals surface area contributed by atoms with Crippen molar-refractivity contribution in [2.75, 3.05) is 7.05 Å². The normalized spacial score (nSPS) is 13.8. The van der Waals surface area contributed by atoms with E-state index in [0.29, 0.717) is 18.5 Å². The molecule has 0 amide bonds. The van der Waals surface area contributed by atoms with Crippen molar-refractivity contribution in [1.29, 1.82) is 0 Å². The highest BCUT2D eigenvalue weighted by molar-refractivity contribution is 6.15. The number of hydrogen-bond donors (Lipinski definition) is 1. The summed E-state index contributed by atoms with van der Waals surface area (Å²) in [6, 6.07) is 5.64. The Morgan fingerprint density at radius 2 is 2.14 bits per heavy atom. The van der Waals surface area contributed by atoms with Gasteiger partial charge in [-0.15, -0.1) is 0 Å². The number of hydrogen-bond acceptors (Lipinski definition) is 4. The number of para-hydroxylation sites is 1. The Morgan fingerprint density at radius 3 is 2.82 bits per heavy atom. The summed E-state index contributed by atoms with van der Waals surface area (Å²) in [5.74, 6) is -2.30. The first-order valence-electron chi connectivity index (χ1n) is 8.78. The average Bonchev–Trinajstić information content (AvgIpc) is 3.07. The average molecular weight is 380 g/mol. The second kappa shape index (κ2) is 6.60. The van der Waals surface area contributed by atoms with Crippen LogP contribution in [-0.4, -0.2) is 28.4 Å². The Bertz CT molecular complexity index is 1250. The first-order valence-corrected chi connectivity index (χ1v) is 8.78. The molecule has 0 fully saturated rings. The smallest absolute Gasteiger partial charge is 0.341 e. The third-order valence-corrected chi connectivity index (χ3v) is 4.93. The third kappa shape index (κ3) is 2.51. The van der Waals surface area contributed by atoms with Crippen molar-refractivity contribution in [3.8, 4) is 11.5 Å². The van der Waals surface area contributed by atoms with Gasteiger partial charge in [0, 0.05) is 36.3 Å². The van der Waals surface area contributed by atoms with Crippen LogP contribution in [-0.2, 0) is 13.0 Å². The van der Waals surface area contributed by atoms with Crippen LogP contribution in [0.3, 0.4) is 0 Å². The Morgan fingerprint density at radius 1 is 1.36 bits per heavy atom. The SMILES string of the molecule is C/C=C\C(=N/C)c1cccc2c3c(oc12)-c1c(F)c(=O)c(C(=O)O)cn1CC3. The number of carbonyl (C=O) groups is 1. The van der Waals surface area contributed by atoms with E-state index in [2.05, 4.69) is 4.99 Å². The van der Waals surface area contributed by atoms with E-state index in [1.807, 2.05) is 37.3 Å². The van der Waals surface area contributed by atoms with Crippen molar-refractivity contribution in [2.24, 2.45) is 4.99 Å². The summed E-state index contributed by atoms with van der Waals surface area (Å²) >= 11 is 0. The number of nitrogens with zero attached hydrogens (tertiary/aromatic N) is 2. The molecule has 4 rings (SSSR count). The Kier molecular flexibility index (Phi) is 4.22. The van der Waals surface area contributed by atoms with Crippen LogP contribution in [0, 0.1) is 5.82 Å². The minimum absolute atomic E-state index is 0.0144. The zero-order valence-electron chi connectivity index (χ0n) is 15.3. The molecule has 0 unspecified atom stereocenters. The molecule has 2 aromatic heterocycles. The van der Waals surface area contributed by atoms with Gasteiger partial charge in [-0.1, -0.05) is 18.2 Å². The molecule has 0 atom stereocenters. The summed E-state index contributed by atoms with van der Waals surface area (Å²) in [7, 11) is 1.68. The Labute approximate surface area is 159 Å². The standard InChI is InChI=1S/C21H17FN2O4/c1-3-5-15(23-2)13-7-4-6-11-12-8-9-24-10-14(21(26)27)18(25)16(22)17(24)20(12)28-19(11)13/h3-7,10H,8-9H2,1-2H3,(H,26,27)/b5-3-,23-15+. The minimum Gasteiger partial charge on any atom is -0.477 e. The molecule has 142 valence electrons. The van der Waals surface area contributed by atoms with Crippen LogP contribution < -0.4 is 5.43 Å². The lowest BCUT2D eigenvalue weighted by Crippen LogP contribution is -2.25. The van der Waals surface area contributed by atoms with Crippen molar-refractivity contribution in [1.82, 2.24) is 4.57 Å². The van der Waals surface area contributed by atoms with Crippen LogP contribution in [0.5, 0.6) is 0 Å². The number of rotatable bonds is 3. The van der Waals surface area contributed by atoms with Crippen molar-refractivity contribution < 1.29 is 18.7 Å². The van der Waals surface area contributed by atoms with Crippen LogP contribution in [0.4, 0.5) is 4.39 Å². The van der Waals surface area contributed by atoms with Crippen LogP contribution in [0.2, 0.25) is 0 Å². The van der Waals surface area contributed by atoms with Crippen LogP contribution in [0.15, 0.2) is 50.8 Å². The second-order valence-electron chi connectivity index (χ2n) is 6.48. The maximum absolute atomic E-state index is 14.9. The van der Waals surface area contributed by atoms with Gasteiger partial charge in [0.1, 0.15) is 16.8 Å². The molecule has 3 aromatic rings. The van der Waals surface area contributed by atoms with Gasteiger partial charge in [-0.3, -0.25) is 9.79 Å². The number of carboxylic acids is 1. The van der Waals surface area contributed by atoms with E-state index < -0.39 is 22.8 Å². The molecule has 1 aliphatic heterocycles. The van der Waals surface area contributed by atoms with Crippen molar-refractivity contribution in [3.63, 3.8) is 0 Å². The number of aromatic carboxylic acids is 1. The molecule has 3 heterocycles. The largest absolute Gasteiger partial charge is 0.477 e. The molecule has 0 saturated heterocycles. The number of pyridine rings is 1. The molecule has 1 aliphatic rings. The van der Waals surface area contributed by atoms with Gasteiger partial charge in [0.2, 0.25) is 5.43 Å². The molecular weight excluding hydrogens is 363 g/mol. The molecule has 1 aromatic carbocycles. The van der Waals surface area contributed by atoms with Crippen molar-refractivity contribution in [2.45, 2.75) is 19.9 Å². The first kappa shape index (κ1) is 17.9. The molecule has 0 radical (unpaired) electrons. The molecule has 6 nitrogen and oxygen atoms in total. The fourth-order valence-corrected chi connectivity index (χ4v) is 3.68. The van der Waals surface area contributed by atoms with E-state index >= 15 is 0 Å². The third-order valence-electron chi connectivity index (χ3n) is 4.93. The number of allylic oxidation sites excluding steroid dienone is 2. The lowest BCUT2D eigenvalue weighted by molar-refractivity contribution is 0.0693. The van der Waals surface area contributed by atoms with Crippen LogP contribution in [0.25, 0.3) is 22.4 Å². The number of halogens is 1. The predicted molar refractivity (Wildman–Crippen MR) is 104 cm³/mol. The van der Waals surface area contributed by atoms with Gasteiger partial charge in [0.25, 0.3) is 0 Å². The summed E-state index contributed by atoms with van der Waals surface area (Å²) in [6.45, 7) is 2.23. The van der Waals surface area contributed by atoms with E-state index in [0.717, 1.165) is 22.2 Å². The topological polar surface area (TPSA) is 84.8 Å². The van der Waals surface area contributed by atoms with Crippen LogP contribution >= 0.6 is 0 Å². The highest BCUT2D eigenvalue weighted by atomic mass is 19.1. The molecule has 0 spiro atoms. The van der Waals surface area contributed by atoms with Crippen molar-refractivity contribution in [3.05, 3.63) is 69.3 Å². The maximum atomic E-state index is 14.9. The molecule has 0 bridgehead atoms. The van der Waals surface area contributed by atoms with E-state index in [1.54, 1.807) is 7.05 Å². The Hall–Kier alpha value is -3.48. The van der Waals surface area contributed by atoms with Crippen molar-refractivity contribution >= 4 is 22.7 Å². The fraction of sp³-hybridized carbons (Fsp3) is 0.190. The van der Waals surface area contributed by atoms with Crippen LogP contribution in [0.1, 0.15) is 28.4 Å². The van der Waals surface area contributed by atoms with Gasteiger partial charge in [-0.25, -0.2) is 9.18 Å². The number of carboxylic acid groups (broad SMARTS) is 1. The van der Waals surface area contributed by atoms with Gasteiger partial charge in [0.15, 0.2) is 11.6 Å². The molecular formula is C21H17FN2O4. The Balaban J connectivity index is 2.04. The molecule has 0 saturated carbocycles. The number of aliphatic imine (C=N–C) groups is 1. The van der Waals surface area contributed by atoms with Gasteiger partial charge < -0.3 is 14.1 Å². The number of aryl methyl sites for hydroxylation is 2. The lowest BCUT2D eigenvalue weighted by atomic mass is 9.99. The zero-order chi connectivity index (χ0) is 20.0. The monoisotopic (exact) mass is 380 g/mol. The number of furan rings is 1. The molecule has 28 heavy (non-hydrogen) atoms. The van der Waals surface area contributed by atoms with E-state index in [9.17, 15) is 14.0 Å². The summed E-state index contributed by atoms with van der Waals surface area (Å²) < 4.78 is 22.4. The number of aromatic nitrogens is 1. The zero-order valence-corrected chi connectivity index (χ0v) is 15.3. The second-order valence-corrected chi connectivity index (χ2v) is 6.48. The first-order chi connectivity index (χ1) is 13.5. The van der Waals surface area contributed by atoms with E-state index in [4.69, 9.17) is 9.52 Å². The summed E-state index contributed by atoms with van der Waals surface area (Å²) in [4.78, 5) is 27.7. The predicted octanol–water partition coefficient (Wildman–Crippen LogP) is 3.65. The quantitative estimate of drug-likeness (QED) is 0.703. The number of benzene rings is 1.